The van der Waals surface area contributed by atoms with E-state index in [2.05, 4.69) is 10.6 Å². The molecule has 7 heteroatoms. The molecule has 1 aliphatic heterocycles. The van der Waals surface area contributed by atoms with Gasteiger partial charge < -0.3 is 20.5 Å². The predicted octanol–water partition coefficient (Wildman–Crippen LogP) is 3.76. The molecular weight excluding hydrogens is 368 g/mol. The van der Waals surface area contributed by atoms with E-state index in [9.17, 15) is 14.7 Å². The molecule has 2 aromatic carbocycles. The number of halogens is 1. The molecule has 2 aromatic rings. The van der Waals surface area contributed by atoms with Gasteiger partial charge in [0.1, 0.15) is 5.75 Å². The molecule has 1 unspecified atom stereocenters. The van der Waals surface area contributed by atoms with E-state index in [-0.39, 0.29) is 22.4 Å². The molecule has 0 aromatic heterocycles. The second-order valence-electron chi connectivity index (χ2n) is 6.35. The van der Waals surface area contributed by atoms with Crippen molar-refractivity contribution >= 4 is 29.3 Å². The van der Waals surface area contributed by atoms with Crippen LogP contribution in [0.5, 0.6) is 5.75 Å². The minimum Gasteiger partial charge on any atom is -0.506 e. The zero-order chi connectivity index (χ0) is 19.6. The third-order valence-electron chi connectivity index (χ3n) is 4.00. The molecule has 0 spiro atoms. The van der Waals surface area contributed by atoms with Crippen LogP contribution < -0.4 is 10.6 Å². The van der Waals surface area contributed by atoms with E-state index in [1.54, 1.807) is 32.0 Å². The first kappa shape index (κ1) is 18.8. The molecule has 0 bridgehead atoms. The molecule has 0 saturated carbocycles. The summed E-state index contributed by atoms with van der Waals surface area (Å²) in [4.78, 5) is 25.2. The van der Waals surface area contributed by atoms with Gasteiger partial charge in [-0.3, -0.25) is 0 Å². The van der Waals surface area contributed by atoms with Crippen LogP contribution in [0.1, 0.15) is 31.0 Å². The molecule has 1 aliphatic rings. The van der Waals surface area contributed by atoms with Crippen LogP contribution >= 0.6 is 11.6 Å². The molecule has 1 heterocycles. The number of hydrogen-bond donors (Lipinski definition) is 3. The van der Waals surface area contributed by atoms with Gasteiger partial charge in [0.25, 0.3) is 0 Å². The molecule has 3 rings (SSSR count). The van der Waals surface area contributed by atoms with Crippen molar-refractivity contribution in [1.82, 2.24) is 10.6 Å². The maximum Gasteiger partial charge on any atom is 0.338 e. The van der Waals surface area contributed by atoms with Crippen LogP contribution in [0.3, 0.4) is 0 Å². The smallest absolute Gasteiger partial charge is 0.338 e. The summed E-state index contributed by atoms with van der Waals surface area (Å²) in [6.07, 6.45) is -0.330. The number of phenolic OH excluding ortho intramolecular Hbond substituents is 1. The summed E-state index contributed by atoms with van der Waals surface area (Å²) in [5.41, 5.74) is 1.87. The Bertz CT molecular complexity index is 909. The fourth-order valence-electron chi connectivity index (χ4n) is 2.85. The Hall–Kier alpha value is -2.99. The van der Waals surface area contributed by atoms with Crippen LogP contribution in [0.4, 0.5) is 4.79 Å². The molecule has 6 nitrogen and oxygen atoms in total. The Labute approximate surface area is 161 Å². The highest BCUT2D eigenvalue weighted by molar-refractivity contribution is 6.32. The number of phenols is 1. The van der Waals surface area contributed by atoms with Gasteiger partial charge in [-0.05, 0) is 37.1 Å². The van der Waals surface area contributed by atoms with Crippen LogP contribution in [-0.4, -0.2) is 23.2 Å². The number of urea groups is 1. The van der Waals surface area contributed by atoms with Crippen molar-refractivity contribution in [2.45, 2.75) is 26.0 Å². The van der Waals surface area contributed by atoms with Crippen molar-refractivity contribution in [3.05, 3.63) is 70.3 Å². The highest BCUT2D eigenvalue weighted by Gasteiger charge is 2.35. The SMILES string of the molecule is CC(C)OC(=O)C1=C(c2ccccc2)NC(=O)NC1c1ccc(O)c(Cl)c1. The quantitative estimate of drug-likeness (QED) is 0.698. The van der Waals surface area contributed by atoms with E-state index in [0.717, 1.165) is 0 Å². The van der Waals surface area contributed by atoms with Crippen molar-refractivity contribution in [2.75, 3.05) is 0 Å². The van der Waals surface area contributed by atoms with Crippen molar-refractivity contribution < 1.29 is 19.4 Å². The molecule has 0 radical (unpaired) electrons. The number of amides is 2. The molecule has 27 heavy (non-hydrogen) atoms. The number of benzene rings is 2. The van der Waals surface area contributed by atoms with E-state index < -0.39 is 18.0 Å². The lowest BCUT2D eigenvalue weighted by atomic mass is 9.92. The highest BCUT2D eigenvalue weighted by atomic mass is 35.5. The Morgan fingerprint density at radius 1 is 1.19 bits per heavy atom. The predicted molar refractivity (Wildman–Crippen MR) is 102 cm³/mol. The molecule has 0 aliphatic carbocycles. The Balaban J connectivity index is 2.18. The van der Waals surface area contributed by atoms with E-state index in [4.69, 9.17) is 16.3 Å². The third kappa shape index (κ3) is 4.06. The van der Waals surface area contributed by atoms with Crippen LogP contribution in [-0.2, 0) is 9.53 Å². The average molecular weight is 387 g/mol. The lowest BCUT2D eigenvalue weighted by Gasteiger charge is -2.30. The summed E-state index contributed by atoms with van der Waals surface area (Å²) in [5.74, 6) is -0.634. The Kier molecular flexibility index (Phi) is 5.37. The van der Waals surface area contributed by atoms with Gasteiger partial charge in [0.2, 0.25) is 0 Å². The number of ether oxygens (including phenoxy) is 1. The number of rotatable bonds is 4. The monoisotopic (exact) mass is 386 g/mol. The Morgan fingerprint density at radius 3 is 2.52 bits per heavy atom. The first-order valence-electron chi connectivity index (χ1n) is 8.43. The van der Waals surface area contributed by atoms with E-state index in [1.807, 2.05) is 18.2 Å². The third-order valence-corrected chi connectivity index (χ3v) is 4.30. The van der Waals surface area contributed by atoms with Crippen LogP contribution in [0.15, 0.2) is 54.1 Å². The summed E-state index contributed by atoms with van der Waals surface area (Å²) in [6, 6.07) is 12.4. The average Bonchev–Trinajstić information content (AvgIpc) is 2.63. The molecule has 0 saturated heterocycles. The largest absolute Gasteiger partial charge is 0.506 e. The van der Waals surface area contributed by atoms with Crippen molar-refractivity contribution in [3.63, 3.8) is 0 Å². The van der Waals surface area contributed by atoms with Gasteiger partial charge in [-0.25, -0.2) is 9.59 Å². The minimum absolute atomic E-state index is 0.0840. The maximum atomic E-state index is 12.9. The first-order chi connectivity index (χ1) is 12.9. The summed E-state index contributed by atoms with van der Waals surface area (Å²) >= 11 is 6.02. The molecule has 3 N–H and O–H groups in total. The fourth-order valence-corrected chi connectivity index (χ4v) is 3.04. The number of hydrogen-bond acceptors (Lipinski definition) is 4. The zero-order valence-electron chi connectivity index (χ0n) is 14.8. The number of carbonyl (C=O) groups is 2. The summed E-state index contributed by atoms with van der Waals surface area (Å²) in [5, 5.41) is 15.2. The van der Waals surface area contributed by atoms with E-state index in [1.165, 1.54) is 12.1 Å². The maximum absolute atomic E-state index is 12.9. The van der Waals surface area contributed by atoms with Gasteiger partial charge in [0, 0.05) is 0 Å². The van der Waals surface area contributed by atoms with Crippen LogP contribution in [0, 0.1) is 0 Å². The number of nitrogens with one attached hydrogen (secondary N) is 2. The molecule has 2 amide bonds. The van der Waals surface area contributed by atoms with Gasteiger partial charge in [-0.1, -0.05) is 48.0 Å². The second kappa shape index (κ2) is 7.72. The fraction of sp³-hybridized carbons (Fsp3) is 0.200. The van der Waals surface area contributed by atoms with Crippen molar-refractivity contribution in [2.24, 2.45) is 0 Å². The second-order valence-corrected chi connectivity index (χ2v) is 6.76. The van der Waals surface area contributed by atoms with E-state index in [0.29, 0.717) is 16.8 Å². The minimum atomic E-state index is -0.779. The zero-order valence-corrected chi connectivity index (χ0v) is 15.6. The van der Waals surface area contributed by atoms with Crippen LogP contribution in [0.2, 0.25) is 5.02 Å². The topological polar surface area (TPSA) is 87.7 Å². The molecule has 140 valence electrons. The normalized spacial score (nSPS) is 16.7. The van der Waals surface area contributed by atoms with Gasteiger partial charge in [-0.15, -0.1) is 0 Å². The standard InChI is InChI=1S/C20H19ClN2O4/c1-11(2)27-19(25)16-17(12-6-4-3-5-7-12)22-20(26)23-18(16)13-8-9-15(24)14(21)10-13/h3-11,18,24H,1-2H3,(H2,22,23,26). The summed E-state index contributed by atoms with van der Waals surface area (Å²) < 4.78 is 5.41. The number of aromatic hydroxyl groups is 1. The van der Waals surface area contributed by atoms with Gasteiger partial charge in [0.15, 0.2) is 0 Å². The highest BCUT2D eigenvalue weighted by Crippen LogP contribution is 2.35. The van der Waals surface area contributed by atoms with Gasteiger partial charge >= 0.3 is 12.0 Å². The lowest BCUT2D eigenvalue weighted by Crippen LogP contribution is -2.45. The summed E-state index contributed by atoms with van der Waals surface area (Å²) in [6.45, 7) is 3.50. The van der Waals surface area contributed by atoms with Gasteiger partial charge in [0.05, 0.1) is 28.4 Å². The lowest BCUT2D eigenvalue weighted by molar-refractivity contribution is -0.143. The molecule has 1 atom stereocenters. The molecular formula is C20H19ClN2O4. The number of esters is 1. The van der Waals surface area contributed by atoms with Crippen molar-refractivity contribution in [1.29, 1.82) is 0 Å². The summed E-state index contributed by atoms with van der Waals surface area (Å²) in [7, 11) is 0. The van der Waals surface area contributed by atoms with Crippen molar-refractivity contribution in [3.8, 4) is 5.75 Å². The molecule has 0 fully saturated rings. The van der Waals surface area contributed by atoms with E-state index >= 15 is 0 Å². The number of carbonyl (C=O) groups excluding carboxylic acids is 2. The Morgan fingerprint density at radius 2 is 1.89 bits per heavy atom. The van der Waals surface area contributed by atoms with Gasteiger partial charge in [-0.2, -0.15) is 0 Å². The first-order valence-corrected chi connectivity index (χ1v) is 8.81. The van der Waals surface area contributed by atoms with Crippen LogP contribution in [0.25, 0.3) is 5.70 Å².